The van der Waals surface area contributed by atoms with Crippen LogP contribution < -0.4 is 0 Å². The van der Waals surface area contributed by atoms with E-state index in [-0.39, 0.29) is 23.7 Å². The van der Waals surface area contributed by atoms with Crippen LogP contribution in [-0.4, -0.2) is 68.4 Å². The second-order valence-electron chi connectivity index (χ2n) is 5.25. The van der Waals surface area contributed by atoms with E-state index in [9.17, 15) is 13.5 Å². The second-order valence-corrected chi connectivity index (χ2v) is 7.40. The molecule has 0 amide bonds. The summed E-state index contributed by atoms with van der Waals surface area (Å²) in [7, 11) is -1.38. The topological polar surface area (TPSA) is 66.8 Å². The third kappa shape index (κ3) is 2.81. The van der Waals surface area contributed by atoms with E-state index in [1.807, 2.05) is 0 Å². The molecule has 0 radical (unpaired) electrons. The van der Waals surface area contributed by atoms with Gasteiger partial charge in [-0.1, -0.05) is 6.92 Å². The summed E-state index contributed by atoms with van der Waals surface area (Å²) in [5.41, 5.74) is 0. The van der Waals surface area contributed by atoms with E-state index in [4.69, 9.17) is 4.74 Å². The van der Waals surface area contributed by atoms with E-state index >= 15 is 0 Å². The molecular formula is C11H21NO4S. The molecule has 100 valence electrons. The average Bonchev–Trinajstić information content (AvgIpc) is 2.53. The number of likely N-dealkylation sites (tertiary alicyclic amines) is 1. The Kier molecular flexibility index (Phi) is 3.77. The molecule has 4 unspecified atom stereocenters. The number of piperidine rings is 1. The molecule has 6 heteroatoms. The summed E-state index contributed by atoms with van der Waals surface area (Å²) < 4.78 is 28.4. The minimum atomic E-state index is -3.06. The number of rotatable bonds is 2. The van der Waals surface area contributed by atoms with Crippen LogP contribution in [0.1, 0.15) is 13.3 Å². The fraction of sp³-hybridized carbons (Fsp3) is 1.00. The minimum absolute atomic E-state index is 0.0823. The summed E-state index contributed by atoms with van der Waals surface area (Å²) in [5, 5.41) is 9.84. The van der Waals surface area contributed by atoms with E-state index in [1.165, 1.54) is 0 Å². The third-order valence-corrected chi connectivity index (χ3v) is 5.68. The highest BCUT2D eigenvalue weighted by Gasteiger charge is 2.42. The normalized spacial score (nSPS) is 42.8. The zero-order chi connectivity index (χ0) is 12.6. The van der Waals surface area contributed by atoms with Crippen molar-refractivity contribution in [1.29, 1.82) is 0 Å². The fourth-order valence-corrected chi connectivity index (χ4v) is 4.66. The van der Waals surface area contributed by atoms with Crippen LogP contribution in [0.3, 0.4) is 0 Å². The molecule has 0 bridgehead atoms. The highest BCUT2D eigenvalue weighted by molar-refractivity contribution is 7.91. The summed E-state index contributed by atoms with van der Waals surface area (Å²) >= 11 is 0. The van der Waals surface area contributed by atoms with Gasteiger partial charge in [0.2, 0.25) is 0 Å². The number of aliphatic hydroxyl groups excluding tert-OH is 1. The van der Waals surface area contributed by atoms with Crippen LogP contribution in [0.25, 0.3) is 0 Å². The Bertz CT molecular complexity index is 370. The highest BCUT2D eigenvalue weighted by Crippen LogP contribution is 2.25. The van der Waals surface area contributed by atoms with Crippen LogP contribution in [0, 0.1) is 5.92 Å². The van der Waals surface area contributed by atoms with Crippen LogP contribution >= 0.6 is 0 Å². The van der Waals surface area contributed by atoms with Gasteiger partial charge in [-0.2, -0.15) is 0 Å². The van der Waals surface area contributed by atoms with E-state index in [1.54, 1.807) is 7.11 Å². The monoisotopic (exact) mass is 263 g/mol. The van der Waals surface area contributed by atoms with Gasteiger partial charge in [0.15, 0.2) is 9.84 Å². The lowest BCUT2D eigenvalue weighted by molar-refractivity contribution is -0.0324. The molecule has 2 heterocycles. The average molecular weight is 263 g/mol. The van der Waals surface area contributed by atoms with E-state index in [2.05, 4.69) is 11.8 Å². The quantitative estimate of drug-likeness (QED) is 0.727. The molecule has 0 saturated carbocycles. The molecule has 2 rings (SSSR count). The van der Waals surface area contributed by atoms with Crippen LogP contribution in [0.5, 0.6) is 0 Å². The molecule has 2 aliphatic rings. The van der Waals surface area contributed by atoms with E-state index in [0.29, 0.717) is 5.92 Å². The maximum Gasteiger partial charge on any atom is 0.154 e. The Morgan fingerprint density at radius 1 is 1.35 bits per heavy atom. The Labute approximate surface area is 103 Å². The highest BCUT2D eigenvalue weighted by atomic mass is 32.2. The van der Waals surface area contributed by atoms with Crippen molar-refractivity contribution in [2.75, 3.05) is 31.7 Å². The maximum absolute atomic E-state index is 11.5. The van der Waals surface area contributed by atoms with Gasteiger partial charge < -0.3 is 9.84 Å². The summed E-state index contributed by atoms with van der Waals surface area (Å²) in [6.07, 6.45) is 0.382. The third-order valence-electron chi connectivity index (χ3n) is 3.99. The Morgan fingerprint density at radius 3 is 2.59 bits per heavy atom. The van der Waals surface area contributed by atoms with Crippen LogP contribution in [-0.2, 0) is 14.6 Å². The molecule has 4 atom stereocenters. The predicted octanol–water partition coefficient (Wildman–Crippen LogP) is -0.499. The lowest BCUT2D eigenvalue weighted by Crippen LogP contribution is -2.52. The number of hydrogen-bond donors (Lipinski definition) is 1. The van der Waals surface area contributed by atoms with Crippen molar-refractivity contribution < 1.29 is 18.3 Å². The summed E-state index contributed by atoms with van der Waals surface area (Å²) in [6.45, 7) is 3.71. The van der Waals surface area contributed by atoms with Gasteiger partial charge in [0.25, 0.3) is 0 Å². The van der Waals surface area contributed by atoms with Crippen molar-refractivity contribution in [3.05, 3.63) is 0 Å². The molecular weight excluding hydrogens is 242 g/mol. The first-order valence-electron chi connectivity index (χ1n) is 6.08. The van der Waals surface area contributed by atoms with Gasteiger partial charge in [-0.3, -0.25) is 4.90 Å². The zero-order valence-electron chi connectivity index (χ0n) is 10.4. The van der Waals surface area contributed by atoms with Gasteiger partial charge in [0.1, 0.15) is 0 Å². The largest absolute Gasteiger partial charge is 0.390 e. The van der Waals surface area contributed by atoms with Gasteiger partial charge in [0, 0.05) is 13.7 Å². The van der Waals surface area contributed by atoms with Crippen molar-refractivity contribution in [3.63, 3.8) is 0 Å². The lowest BCUT2D eigenvalue weighted by Gasteiger charge is -2.39. The first-order chi connectivity index (χ1) is 7.93. The first kappa shape index (κ1) is 13.3. The molecule has 0 spiro atoms. The molecule has 0 aromatic rings. The van der Waals surface area contributed by atoms with Gasteiger partial charge >= 0.3 is 0 Å². The van der Waals surface area contributed by atoms with Gasteiger partial charge in [-0.05, 0) is 18.9 Å². The van der Waals surface area contributed by atoms with Crippen LogP contribution in [0.2, 0.25) is 0 Å². The Hall–Kier alpha value is -0.170. The van der Waals surface area contributed by atoms with Crippen molar-refractivity contribution >= 4 is 9.84 Å². The first-order valence-corrected chi connectivity index (χ1v) is 7.90. The van der Waals surface area contributed by atoms with Crippen molar-refractivity contribution in [2.45, 2.75) is 31.6 Å². The SMILES string of the molecule is COC1CN(C2CS(=O)(=O)CC2O)CCC1C. The molecule has 2 aliphatic heterocycles. The summed E-state index contributed by atoms with van der Waals surface area (Å²) in [4.78, 5) is 2.07. The number of ether oxygens (including phenoxy) is 1. The molecule has 17 heavy (non-hydrogen) atoms. The smallest absolute Gasteiger partial charge is 0.154 e. The van der Waals surface area contributed by atoms with Crippen LogP contribution in [0.15, 0.2) is 0 Å². The molecule has 0 aromatic heterocycles. The molecule has 5 nitrogen and oxygen atoms in total. The fourth-order valence-electron chi connectivity index (χ4n) is 2.83. The molecule has 2 fully saturated rings. The number of sulfone groups is 1. The van der Waals surface area contributed by atoms with E-state index < -0.39 is 15.9 Å². The van der Waals surface area contributed by atoms with Crippen LogP contribution in [0.4, 0.5) is 0 Å². The standard InChI is InChI=1S/C11H21NO4S/c1-8-3-4-12(5-11(8)16-2)9-6-17(14,15)7-10(9)13/h8-11,13H,3-7H2,1-2H3. The number of nitrogens with zero attached hydrogens (tertiary/aromatic N) is 1. The lowest BCUT2D eigenvalue weighted by atomic mass is 9.94. The summed E-state index contributed by atoms with van der Waals surface area (Å²) in [5.74, 6) is 0.478. The summed E-state index contributed by atoms with van der Waals surface area (Å²) in [6, 6.07) is -0.245. The number of methoxy groups -OCH3 is 1. The Morgan fingerprint density at radius 2 is 2.06 bits per heavy atom. The molecule has 2 saturated heterocycles. The van der Waals surface area contributed by atoms with Crippen molar-refractivity contribution in [1.82, 2.24) is 4.90 Å². The van der Waals surface area contributed by atoms with Gasteiger partial charge in [-0.25, -0.2) is 8.42 Å². The molecule has 0 aromatic carbocycles. The maximum atomic E-state index is 11.5. The molecule has 0 aliphatic carbocycles. The number of aliphatic hydroxyl groups is 1. The molecule has 1 N–H and O–H groups in total. The Balaban J connectivity index is 2.04. The van der Waals surface area contributed by atoms with Crippen molar-refractivity contribution in [3.8, 4) is 0 Å². The second kappa shape index (κ2) is 4.84. The predicted molar refractivity (Wildman–Crippen MR) is 64.6 cm³/mol. The minimum Gasteiger partial charge on any atom is -0.390 e. The number of hydrogen-bond acceptors (Lipinski definition) is 5. The zero-order valence-corrected chi connectivity index (χ0v) is 11.2. The van der Waals surface area contributed by atoms with Crippen molar-refractivity contribution in [2.24, 2.45) is 5.92 Å². The van der Waals surface area contributed by atoms with Gasteiger partial charge in [0.05, 0.1) is 29.8 Å². The van der Waals surface area contributed by atoms with E-state index in [0.717, 1.165) is 19.5 Å². The van der Waals surface area contributed by atoms with Gasteiger partial charge in [-0.15, -0.1) is 0 Å².